The number of methoxy groups -OCH3 is 1. The number of ether oxygens (including phenoxy) is 1. The Balaban J connectivity index is 1.79. The highest BCUT2D eigenvalue weighted by Gasteiger charge is 2.34. The lowest BCUT2D eigenvalue weighted by atomic mass is 10.1. The standard InChI is InChI=1S/C14H15N3O3/c1-9-15-14(20-16-9)10-7-13(18)17(8-10)11-3-5-12(19-2)6-4-11/h3-6,10H,7-8H2,1-2H3/t10-/m1/s1. The molecule has 1 aromatic carbocycles. The average molecular weight is 273 g/mol. The summed E-state index contributed by atoms with van der Waals surface area (Å²) < 4.78 is 10.3. The number of anilines is 1. The van der Waals surface area contributed by atoms with E-state index < -0.39 is 0 Å². The van der Waals surface area contributed by atoms with Crippen LogP contribution < -0.4 is 9.64 Å². The number of aryl methyl sites for hydroxylation is 1. The van der Waals surface area contributed by atoms with Crippen molar-refractivity contribution in [2.24, 2.45) is 0 Å². The third kappa shape index (κ3) is 2.24. The predicted octanol–water partition coefficient (Wildman–Crippen LogP) is 1.91. The molecule has 2 aromatic rings. The second-order valence-electron chi connectivity index (χ2n) is 4.78. The average Bonchev–Trinajstić information content (AvgIpc) is 3.05. The maximum atomic E-state index is 12.1. The first-order chi connectivity index (χ1) is 9.67. The molecule has 0 spiro atoms. The van der Waals surface area contributed by atoms with Crippen LogP contribution in [0.4, 0.5) is 5.69 Å². The van der Waals surface area contributed by atoms with Gasteiger partial charge in [-0.25, -0.2) is 0 Å². The van der Waals surface area contributed by atoms with E-state index in [0.717, 1.165) is 11.4 Å². The Morgan fingerprint density at radius 3 is 2.70 bits per heavy atom. The molecular weight excluding hydrogens is 258 g/mol. The molecule has 1 atom stereocenters. The number of carbonyl (C=O) groups is 1. The van der Waals surface area contributed by atoms with Gasteiger partial charge in [-0.1, -0.05) is 5.16 Å². The highest BCUT2D eigenvalue weighted by Crippen LogP contribution is 2.31. The van der Waals surface area contributed by atoms with Crippen LogP contribution in [0.25, 0.3) is 0 Å². The summed E-state index contributed by atoms with van der Waals surface area (Å²) in [4.78, 5) is 18.1. The molecule has 1 amide bonds. The lowest BCUT2D eigenvalue weighted by Crippen LogP contribution is -2.24. The molecule has 0 aliphatic carbocycles. The summed E-state index contributed by atoms with van der Waals surface area (Å²) in [6.45, 7) is 2.33. The smallest absolute Gasteiger partial charge is 0.232 e. The SMILES string of the molecule is COc1ccc(N2C[C@H](c3nc(C)no3)CC2=O)cc1. The molecule has 6 heteroatoms. The fourth-order valence-corrected chi connectivity index (χ4v) is 2.36. The van der Waals surface area contributed by atoms with E-state index in [2.05, 4.69) is 10.1 Å². The first kappa shape index (κ1) is 12.7. The van der Waals surface area contributed by atoms with Crippen LogP contribution in [0, 0.1) is 6.92 Å². The summed E-state index contributed by atoms with van der Waals surface area (Å²) in [5.41, 5.74) is 0.856. The number of carbonyl (C=O) groups excluding carboxylic acids is 1. The molecule has 2 heterocycles. The fraction of sp³-hybridized carbons (Fsp3) is 0.357. The number of rotatable bonds is 3. The van der Waals surface area contributed by atoms with Crippen LogP contribution >= 0.6 is 0 Å². The summed E-state index contributed by atoms with van der Waals surface area (Å²) >= 11 is 0. The van der Waals surface area contributed by atoms with Crippen LogP contribution in [0.15, 0.2) is 28.8 Å². The molecule has 3 rings (SSSR count). The van der Waals surface area contributed by atoms with E-state index in [1.165, 1.54) is 0 Å². The first-order valence-corrected chi connectivity index (χ1v) is 6.42. The Morgan fingerprint density at radius 1 is 1.35 bits per heavy atom. The molecule has 104 valence electrons. The molecule has 0 bridgehead atoms. The van der Waals surface area contributed by atoms with Gasteiger partial charge in [-0.05, 0) is 31.2 Å². The van der Waals surface area contributed by atoms with Crippen molar-refractivity contribution in [3.63, 3.8) is 0 Å². The second kappa shape index (κ2) is 4.96. The summed E-state index contributed by atoms with van der Waals surface area (Å²) in [5, 5.41) is 3.77. The molecule has 1 saturated heterocycles. The minimum absolute atomic E-state index is 0.0363. The molecule has 1 aromatic heterocycles. The summed E-state index contributed by atoms with van der Waals surface area (Å²) in [7, 11) is 1.62. The minimum atomic E-state index is -0.0363. The van der Waals surface area contributed by atoms with Gasteiger partial charge in [-0.15, -0.1) is 0 Å². The van der Waals surface area contributed by atoms with E-state index in [-0.39, 0.29) is 11.8 Å². The number of amides is 1. The second-order valence-corrected chi connectivity index (χ2v) is 4.78. The van der Waals surface area contributed by atoms with Gasteiger partial charge >= 0.3 is 0 Å². The van der Waals surface area contributed by atoms with Crippen molar-refractivity contribution in [3.8, 4) is 5.75 Å². The Hall–Kier alpha value is -2.37. The number of aromatic nitrogens is 2. The van der Waals surface area contributed by atoms with Gasteiger partial charge in [0, 0.05) is 18.7 Å². The van der Waals surface area contributed by atoms with Gasteiger partial charge in [0.15, 0.2) is 5.82 Å². The molecule has 0 saturated carbocycles. The monoisotopic (exact) mass is 273 g/mol. The maximum absolute atomic E-state index is 12.1. The zero-order chi connectivity index (χ0) is 14.1. The fourth-order valence-electron chi connectivity index (χ4n) is 2.36. The molecule has 0 N–H and O–H groups in total. The van der Waals surface area contributed by atoms with Gasteiger partial charge in [0.1, 0.15) is 5.75 Å². The van der Waals surface area contributed by atoms with Crippen molar-refractivity contribution >= 4 is 11.6 Å². The highest BCUT2D eigenvalue weighted by atomic mass is 16.5. The van der Waals surface area contributed by atoms with Crippen molar-refractivity contribution in [3.05, 3.63) is 36.0 Å². The largest absolute Gasteiger partial charge is 0.497 e. The molecule has 1 aliphatic heterocycles. The quantitative estimate of drug-likeness (QED) is 0.854. The van der Waals surface area contributed by atoms with E-state index in [1.54, 1.807) is 18.9 Å². The number of nitrogens with zero attached hydrogens (tertiary/aromatic N) is 3. The Morgan fingerprint density at radius 2 is 2.10 bits per heavy atom. The van der Waals surface area contributed by atoms with Crippen molar-refractivity contribution in [2.45, 2.75) is 19.3 Å². The highest BCUT2D eigenvalue weighted by molar-refractivity contribution is 5.96. The van der Waals surface area contributed by atoms with Crippen LogP contribution in [-0.2, 0) is 4.79 Å². The van der Waals surface area contributed by atoms with Crippen molar-refractivity contribution in [1.29, 1.82) is 0 Å². The molecule has 0 unspecified atom stereocenters. The predicted molar refractivity (Wildman–Crippen MR) is 71.7 cm³/mol. The van der Waals surface area contributed by atoms with E-state index in [0.29, 0.717) is 24.7 Å². The summed E-state index contributed by atoms with van der Waals surface area (Å²) in [5.74, 6) is 1.92. The number of benzene rings is 1. The van der Waals surface area contributed by atoms with Crippen molar-refractivity contribution in [1.82, 2.24) is 10.1 Å². The molecule has 1 aliphatic rings. The Labute approximate surface area is 116 Å². The van der Waals surface area contributed by atoms with Crippen LogP contribution in [0.1, 0.15) is 24.1 Å². The molecule has 6 nitrogen and oxygen atoms in total. The zero-order valence-electron chi connectivity index (χ0n) is 11.4. The van der Waals surface area contributed by atoms with Gasteiger partial charge in [0.2, 0.25) is 11.8 Å². The van der Waals surface area contributed by atoms with Crippen LogP contribution in [0.2, 0.25) is 0 Å². The Kier molecular flexibility index (Phi) is 3.14. The van der Waals surface area contributed by atoms with E-state index in [4.69, 9.17) is 9.26 Å². The van der Waals surface area contributed by atoms with E-state index in [1.807, 2.05) is 24.3 Å². The van der Waals surface area contributed by atoms with Crippen molar-refractivity contribution < 1.29 is 14.1 Å². The summed E-state index contributed by atoms with van der Waals surface area (Å²) in [6.07, 6.45) is 0.396. The Bertz CT molecular complexity index is 621. The van der Waals surface area contributed by atoms with Gasteiger partial charge in [0.05, 0.1) is 13.0 Å². The maximum Gasteiger partial charge on any atom is 0.232 e. The molecular formula is C14H15N3O3. The van der Waals surface area contributed by atoms with Gasteiger partial charge < -0.3 is 14.2 Å². The molecule has 1 fully saturated rings. The summed E-state index contributed by atoms with van der Waals surface area (Å²) in [6, 6.07) is 7.43. The molecule has 20 heavy (non-hydrogen) atoms. The van der Waals surface area contributed by atoms with E-state index >= 15 is 0 Å². The normalized spacial score (nSPS) is 18.6. The first-order valence-electron chi connectivity index (χ1n) is 6.42. The van der Waals surface area contributed by atoms with Gasteiger partial charge in [-0.3, -0.25) is 4.79 Å². The van der Waals surface area contributed by atoms with Crippen LogP contribution in [0.3, 0.4) is 0 Å². The number of hydrogen-bond acceptors (Lipinski definition) is 5. The molecule has 0 radical (unpaired) electrons. The van der Waals surface area contributed by atoms with Gasteiger partial charge in [0.25, 0.3) is 0 Å². The third-order valence-electron chi connectivity index (χ3n) is 3.40. The lowest BCUT2D eigenvalue weighted by molar-refractivity contribution is -0.117. The number of hydrogen-bond donors (Lipinski definition) is 0. The zero-order valence-corrected chi connectivity index (χ0v) is 11.4. The van der Waals surface area contributed by atoms with Gasteiger partial charge in [-0.2, -0.15) is 4.98 Å². The minimum Gasteiger partial charge on any atom is -0.497 e. The van der Waals surface area contributed by atoms with Crippen LogP contribution in [-0.4, -0.2) is 29.7 Å². The van der Waals surface area contributed by atoms with Crippen molar-refractivity contribution in [2.75, 3.05) is 18.6 Å². The van der Waals surface area contributed by atoms with Crippen LogP contribution in [0.5, 0.6) is 5.75 Å². The van der Waals surface area contributed by atoms with E-state index in [9.17, 15) is 4.79 Å². The third-order valence-corrected chi connectivity index (χ3v) is 3.40. The lowest BCUT2D eigenvalue weighted by Gasteiger charge is -2.16. The topological polar surface area (TPSA) is 68.5 Å².